The lowest BCUT2D eigenvalue weighted by Crippen LogP contribution is -2.15. The van der Waals surface area contributed by atoms with E-state index in [1.54, 1.807) is 36.9 Å². The van der Waals surface area contributed by atoms with Gasteiger partial charge in [-0.3, -0.25) is 4.72 Å². The average Bonchev–Trinajstić information content (AvgIpc) is 3.07. The summed E-state index contributed by atoms with van der Waals surface area (Å²) >= 11 is 1.32. The third-order valence-electron chi connectivity index (χ3n) is 3.24. The van der Waals surface area contributed by atoms with Crippen molar-refractivity contribution in [2.45, 2.75) is 28.8 Å². The summed E-state index contributed by atoms with van der Waals surface area (Å²) in [5, 5.41) is 12.2. The molecule has 0 bridgehead atoms. The van der Waals surface area contributed by atoms with E-state index in [1.165, 1.54) is 11.8 Å². The molecule has 24 heavy (non-hydrogen) atoms. The second-order valence-electron chi connectivity index (χ2n) is 5.08. The number of para-hydroxylation sites is 1. The smallest absolute Gasteiger partial charge is 0.267 e. The molecule has 0 saturated heterocycles. The summed E-state index contributed by atoms with van der Waals surface area (Å²) in [6.45, 7) is 3.15. The van der Waals surface area contributed by atoms with Gasteiger partial charge in [0.05, 0.1) is 5.69 Å². The summed E-state index contributed by atoms with van der Waals surface area (Å²) in [6.07, 6.45) is 1.58. The molecule has 1 N–H and O–H groups in total. The Hall–Kier alpha value is -2.33. The molecular weight excluding hydrogens is 350 g/mol. The fourth-order valence-corrected chi connectivity index (χ4v) is 4.48. The van der Waals surface area contributed by atoms with Gasteiger partial charge in [-0.25, -0.2) is 8.42 Å². The summed E-state index contributed by atoms with van der Waals surface area (Å²) in [6, 6.07) is 7.08. The lowest BCUT2D eigenvalue weighted by atomic mass is 10.3. The topological polar surface area (TPSA) is 103 Å². The standard InChI is InChI=1S/C14H15N5O3S2/c1-9-13(10(2)22-17-9)24(20,21)18-11-6-4-5-7-12(11)23-14-16-15-8-19(14)3/h4-8,18H,1-3H3. The quantitative estimate of drug-likeness (QED) is 0.740. The van der Waals surface area contributed by atoms with Gasteiger partial charge in [-0.2, -0.15) is 0 Å². The minimum atomic E-state index is -3.81. The molecule has 2 heterocycles. The van der Waals surface area contributed by atoms with Crippen LogP contribution in [-0.4, -0.2) is 28.3 Å². The first-order valence-corrected chi connectivity index (χ1v) is 9.25. The van der Waals surface area contributed by atoms with Gasteiger partial charge >= 0.3 is 0 Å². The monoisotopic (exact) mass is 365 g/mol. The van der Waals surface area contributed by atoms with Gasteiger partial charge in [0, 0.05) is 11.9 Å². The highest BCUT2D eigenvalue weighted by molar-refractivity contribution is 7.99. The maximum Gasteiger partial charge on any atom is 0.267 e. The van der Waals surface area contributed by atoms with E-state index in [0.717, 1.165) is 0 Å². The van der Waals surface area contributed by atoms with Crippen LogP contribution in [0.25, 0.3) is 0 Å². The summed E-state index contributed by atoms with van der Waals surface area (Å²) < 4.78 is 34.7. The molecule has 126 valence electrons. The van der Waals surface area contributed by atoms with Gasteiger partial charge in [0.2, 0.25) is 0 Å². The average molecular weight is 365 g/mol. The third kappa shape index (κ3) is 3.15. The molecule has 3 aromatic rings. The van der Waals surface area contributed by atoms with Crippen LogP contribution in [0, 0.1) is 13.8 Å². The van der Waals surface area contributed by atoms with Crippen LogP contribution in [-0.2, 0) is 17.1 Å². The molecule has 0 aliphatic rings. The zero-order valence-electron chi connectivity index (χ0n) is 13.2. The highest BCUT2D eigenvalue weighted by Crippen LogP contribution is 2.33. The normalized spacial score (nSPS) is 11.6. The minimum absolute atomic E-state index is 0.0564. The van der Waals surface area contributed by atoms with Crippen molar-refractivity contribution in [2.24, 2.45) is 7.05 Å². The maximum absolute atomic E-state index is 12.7. The number of sulfonamides is 1. The Morgan fingerprint density at radius 2 is 2.00 bits per heavy atom. The van der Waals surface area contributed by atoms with Crippen molar-refractivity contribution in [1.82, 2.24) is 19.9 Å². The number of nitrogens with one attached hydrogen (secondary N) is 1. The van der Waals surface area contributed by atoms with Gasteiger partial charge in [0.1, 0.15) is 12.0 Å². The molecule has 3 rings (SSSR count). The molecule has 0 aliphatic carbocycles. The van der Waals surface area contributed by atoms with E-state index in [2.05, 4.69) is 20.1 Å². The molecular formula is C14H15N5O3S2. The number of aromatic nitrogens is 4. The van der Waals surface area contributed by atoms with E-state index in [1.807, 2.05) is 19.2 Å². The zero-order chi connectivity index (χ0) is 17.3. The molecule has 0 fully saturated rings. The zero-order valence-corrected chi connectivity index (χ0v) is 14.8. The molecule has 8 nitrogen and oxygen atoms in total. The van der Waals surface area contributed by atoms with Crippen molar-refractivity contribution >= 4 is 27.5 Å². The highest BCUT2D eigenvalue weighted by atomic mass is 32.2. The molecule has 10 heteroatoms. The third-order valence-corrected chi connectivity index (χ3v) is 5.98. The molecule has 0 atom stereocenters. The van der Waals surface area contributed by atoms with Crippen LogP contribution in [0.15, 0.2) is 50.1 Å². The fraction of sp³-hybridized carbons (Fsp3) is 0.214. The Labute approximate surface area is 143 Å². The number of hydrogen-bond donors (Lipinski definition) is 1. The van der Waals surface area contributed by atoms with E-state index in [-0.39, 0.29) is 10.7 Å². The lowest BCUT2D eigenvalue weighted by Gasteiger charge is -2.11. The van der Waals surface area contributed by atoms with E-state index in [9.17, 15) is 8.42 Å². The molecule has 2 aromatic heterocycles. The second kappa shape index (κ2) is 6.29. The van der Waals surface area contributed by atoms with Crippen LogP contribution in [0.5, 0.6) is 0 Å². The van der Waals surface area contributed by atoms with Gasteiger partial charge < -0.3 is 9.09 Å². The Morgan fingerprint density at radius 1 is 1.25 bits per heavy atom. The van der Waals surface area contributed by atoms with Gasteiger partial charge in [-0.15, -0.1) is 10.2 Å². The van der Waals surface area contributed by atoms with Crippen LogP contribution in [0.3, 0.4) is 0 Å². The first-order chi connectivity index (χ1) is 11.4. The Kier molecular flexibility index (Phi) is 4.33. The van der Waals surface area contributed by atoms with Crippen molar-refractivity contribution in [3.05, 3.63) is 42.0 Å². The first-order valence-electron chi connectivity index (χ1n) is 6.95. The highest BCUT2D eigenvalue weighted by Gasteiger charge is 2.25. The van der Waals surface area contributed by atoms with Crippen molar-refractivity contribution < 1.29 is 12.9 Å². The van der Waals surface area contributed by atoms with E-state index >= 15 is 0 Å². The Morgan fingerprint density at radius 3 is 2.62 bits per heavy atom. The van der Waals surface area contributed by atoms with E-state index in [0.29, 0.717) is 21.4 Å². The van der Waals surface area contributed by atoms with Crippen molar-refractivity contribution in [1.29, 1.82) is 0 Å². The summed E-state index contributed by atoms with van der Waals surface area (Å²) in [5.74, 6) is 0.249. The van der Waals surface area contributed by atoms with Crippen LogP contribution in [0.1, 0.15) is 11.5 Å². The van der Waals surface area contributed by atoms with Gasteiger partial charge in [0.15, 0.2) is 15.8 Å². The van der Waals surface area contributed by atoms with Crippen LogP contribution in [0.4, 0.5) is 5.69 Å². The Balaban J connectivity index is 1.95. The maximum atomic E-state index is 12.7. The molecule has 1 aromatic carbocycles. The molecule has 0 aliphatic heterocycles. The predicted octanol–water partition coefficient (Wildman–Crippen LogP) is 2.37. The van der Waals surface area contributed by atoms with Crippen LogP contribution in [0.2, 0.25) is 0 Å². The molecule has 0 amide bonds. The number of hydrogen-bond acceptors (Lipinski definition) is 7. The summed E-state index contributed by atoms with van der Waals surface area (Å²) in [7, 11) is -1.99. The van der Waals surface area contributed by atoms with Crippen LogP contribution >= 0.6 is 11.8 Å². The summed E-state index contributed by atoms with van der Waals surface area (Å²) in [5.41, 5.74) is 0.768. The number of nitrogens with zero attached hydrogens (tertiary/aromatic N) is 4. The predicted molar refractivity (Wildman–Crippen MR) is 88.4 cm³/mol. The molecule has 0 unspecified atom stereocenters. The van der Waals surface area contributed by atoms with Crippen molar-refractivity contribution in [3.8, 4) is 0 Å². The summed E-state index contributed by atoms with van der Waals surface area (Å²) in [4.78, 5) is 0.768. The number of anilines is 1. The number of benzene rings is 1. The second-order valence-corrected chi connectivity index (χ2v) is 7.71. The van der Waals surface area contributed by atoms with Crippen molar-refractivity contribution in [3.63, 3.8) is 0 Å². The van der Waals surface area contributed by atoms with Gasteiger partial charge in [-0.05, 0) is 37.7 Å². The van der Waals surface area contributed by atoms with E-state index in [4.69, 9.17) is 4.52 Å². The molecule has 0 saturated carbocycles. The lowest BCUT2D eigenvalue weighted by molar-refractivity contribution is 0.390. The minimum Gasteiger partial charge on any atom is -0.360 e. The van der Waals surface area contributed by atoms with Crippen molar-refractivity contribution in [2.75, 3.05) is 4.72 Å². The van der Waals surface area contributed by atoms with Gasteiger partial charge in [-0.1, -0.05) is 17.3 Å². The SMILES string of the molecule is Cc1noc(C)c1S(=O)(=O)Nc1ccccc1Sc1nncn1C. The molecule has 0 spiro atoms. The first kappa shape index (κ1) is 16.5. The van der Waals surface area contributed by atoms with Crippen LogP contribution < -0.4 is 4.72 Å². The number of aryl methyl sites for hydroxylation is 3. The van der Waals surface area contributed by atoms with E-state index < -0.39 is 10.0 Å². The number of rotatable bonds is 5. The Bertz CT molecular complexity index is 958. The van der Waals surface area contributed by atoms with Gasteiger partial charge in [0.25, 0.3) is 10.0 Å². The fourth-order valence-electron chi connectivity index (χ4n) is 2.16. The largest absolute Gasteiger partial charge is 0.360 e. The molecule has 0 radical (unpaired) electrons.